The number of likely N-dealkylation sites (tertiary alicyclic amines) is 1. The molecule has 2 saturated heterocycles. The van der Waals surface area contributed by atoms with E-state index in [2.05, 4.69) is 10.6 Å². The van der Waals surface area contributed by atoms with E-state index in [4.69, 9.17) is 5.11 Å². The molecule has 0 spiro atoms. The van der Waals surface area contributed by atoms with Gasteiger partial charge in [-0.3, -0.25) is 19.8 Å². The Morgan fingerprint density at radius 1 is 1.40 bits per heavy atom. The molecule has 2 rings (SSSR count). The Balaban J connectivity index is 2.04. The molecule has 3 amide bonds. The summed E-state index contributed by atoms with van der Waals surface area (Å²) in [6.07, 6.45) is 2.87. The highest BCUT2D eigenvalue weighted by atomic mass is 16.4. The van der Waals surface area contributed by atoms with Crippen molar-refractivity contribution in [1.29, 1.82) is 0 Å². The normalized spacial score (nSPS) is 28.2. The van der Waals surface area contributed by atoms with Gasteiger partial charge in [-0.15, -0.1) is 0 Å². The number of piperidine rings is 1. The molecule has 0 radical (unpaired) electrons. The average Bonchev–Trinajstić information content (AvgIpc) is 2.65. The van der Waals surface area contributed by atoms with E-state index in [1.807, 2.05) is 11.8 Å². The van der Waals surface area contributed by atoms with Crippen LogP contribution in [0.2, 0.25) is 0 Å². The lowest BCUT2D eigenvalue weighted by Gasteiger charge is -2.40. The number of carbonyl (C=O) groups is 3. The van der Waals surface area contributed by atoms with Crippen molar-refractivity contribution in [2.75, 3.05) is 19.6 Å². The Kier molecular flexibility index (Phi) is 4.27. The van der Waals surface area contributed by atoms with E-state index in [-0.39, 0.29) is 18.4 Å². The summed E-state index contributed by atoms with van der Waals surface area (Å²) in [7, 11) is 0. The number of carboxylic acids is 1. The van der Waals surface area contributed by atoms with Crippen LogP contribution in [0.1, 0.15) is 32.6 Å². The van der Waals surface area contributed by atoms with E-state index in [1.54, 1.807) is 0 Å². The van der Waals surface area contributed by atoms with Gasteiger partial charge in [0.25, 0.3) is 5.91 Å². The summed E-state index contributed by atoms with van der Waals surface area (Å²) in [5, 5.41) is 13.9. The first kappa shape index (κ1) is 14.8. The van der Waals surface area contributed by atoms with Gasteiger partial charge in [-0.2, -0.15) is 0 Å². The number of urea groups is 1. The number of hydrogen-bond donors (Lipinski definition) is 3. The molecule has 1 unspecified atom stereocenters. The van der Waals surface area contributed by atoms with Crippen LogP contribution in [0.25, 0.3) is 0 Å². The maximum Gasteiger partial charge on any atom is 0.322 e. The summed E-state index contributed by atoms with van der Waals surface area (Å²) in [6, 6.07) is -0.420. The molecule has 0 aromatic rings. The summed E-state index contributed by atoms with van der Waals surface area (Å²) >= 11 is 0. The number of imide groups is 1. The van der Waals surface area contributed by atoms with Crippen molar-refractivity contribution in [3.05, 3.63) is 0 Å². The van der Waals surface area contributed by atoms with Crippen LogP contribution in [0.3, 0.4) is 0 Å². The highest BCUT2D eigenvalue weighted by Crippen LogP contribution is 2.34. The molecule has 0 aromatic heterocycles. The van der Waals surface area contributed by atoms with E-state index in [0.29, 0.717) is 19.5 Å². The number of nitrogens with zero attached hydrogens (tertiary/aromatic N) is 1. The van der Waals surface area contributed by atoms with Crippen LogP contribution in [0.15, 0.2) is 0 Å². The first-order valence-corrected chi connectivity index (χ1v) is 7.05. The third-order valence-corrected chi connectivity index (χ3v) is 4.26. The van der Waals surface area contributed by atoms with Crippen LogP contribution in [0.4, 0.5) is 4.79 Å². The van der Waals surface area contributed by atoms with Gasteiger partial charge < -0.3 is 10.4 Å². The summed E-state index contributed by atoms with van der Waals surface area (Å²) in [5.74, 6) is -1.00. The predicted molar refractivity (Wildman–Crippen MR) is 71.1 cm³/mol. The predicted octanol–water partition coefficient (Wildman–Crippen LogP) is 0.161. The van der Waals surface area contributed by atoms with E-state index < -0.39 is 17.5 Å². The van der Waals surface area contributed by atoms with Gasteiger partial charge in [-0.05, 0) is 38.3 Å². The highest BCUT2D eigenvalue weighted by molar-refractivity contribution is 6.07. The molecule has 2 aliphatic heterocycles. The lowest BCUT2D eigenvalue weighted by atomic mass is 9.75. The zero-order valence-electron chi connectivity index (χ0n) is 11.6. The second kappa shape index (κ2) is 5.78. The Labute approximate surface area is 117 Å². The lowest BCUT2D eigenvalue weighted by molar-refractivity contribution is -0.139. The zero-order valence-corrected chi connectivity index (χ0v) is 11.6. The fourth-order valence-electron chi connectivity index (χ4n) is 3.34. The van der Waals surface area contributed by atoms with E-state index in [9.17, 15) is 14.4 Å². The second-order valence-corrected chi connectivity index (χ2v) is 5.57. The Morgan fingerprint density at radius 2 is 2.05 bits per heavy atom. The summed E-state index contributed by atoms with van der Waals surface area (Å²) in [6.45, 7) is 3.31. The molecule has 0 saturated carbocycles. The fourth-order valence-corrected chi connectivity index (χ4v) is 3.34. The Bertz CT molecular complexity index is 418. The molecule has 2 heterocycles. The quantitative estimate of drug-likeness (QED) is 0.624. The smallest absolute Gasteiger partial charge is 0.322 e. The molecule has 2 fully saturated rings. The van der Waals surface area contributed by atoms with Crippen LogP contribution >= 0.6 is 0 Å². The van der Waals surface area contributed by atoms with Gasteiger partial charge in [-0.1, -0.05) is 13.3 Å². The number of hydrogen-bond acceptors (Lipinski definition) is 4. The van der Waals surface area contributed by atoms with Gasteiger partial charge in [0.1, 0.15) is 5.54 Å². The van der Waals surface area contributed by atoms with Gasteiger partial charge in [0.05, 0.1) is 6.54 Å². The average molecular weight is 283 g/mol. The molecular formula is C13H21N3O4. The molecule has 7 nitrogen and oxygen atoms in total. The standard InChI is InChI=1S/C13H21N3O4/c1-2-5-13(11(19)14-12(20)15-13)9-3-6-16(7-4-9)8-10(17)18/h9H,2-8H2,1H3,(H,17,18)(H2,14,15,19,20). The van der Waals surface area contributed by atoms with Crippen molar-refractivity contribution in [3.8, 4) is 0 Å². The molecule has 0 bridgehead atoms. The van der Waals surface area contributed by atoms with E-state index >= 15 is 0 Å². The van der Waals surface area contributed by atoms with Crippen LogP contribution in [-0.4, -0.2) is 53.1 Å². The molecule has 20 heavy (non-hydrogen) atoms. The molecule has 0 aliphatic carbocycles. The number of aliphatic carboxylic acids is 1. The minimum atomic E-state index is -0.835. The Hall–Kier alpha value is -1.63. The first-order valence-electron chi connectivity index (χ1n) is 7.05. The van der Waals surface area contributed by atoms with Crippen molar-refractivity contribution < 1.29 is 19.5 Å². The van der Waals surface area contributed by atoms with Gasteiger partial charge in [-0.25, -0.2) is 4.79 Å². The topological polar surface area (TPSA) is 98.7 Å². The summed E-state index contributed by atoms with van der Waals surface area (Å²) < 4.78 is 0. The third-order valence-electron chi connectivity index (χ3n) is 4.26. The van der Waals surface area contributed by atoms with E-state index in [1.165, 1.54) is 0 Å². The van der Waals surface area contributed by atoms with Crippen LogP contribution in [0, 0.1) is 5.92 Å². The highest BCUT2D eigenvalue weighted by Gasteiger charge is 2.51. The molecule has 112 valence electrons. The molecule has 1 atom stereocenters. The van der Waals surface area contributed by atoms with Crippen molar-refractivity contribution in [3.63, 3.8) is 0 Å². The molecule has 3 N–H and O–H groups in total. The number of carboxylic acid groups (broad SMARTS) is 1. The first-order chi connectivity index (χ1) is 9.48. The van der Waals surface area contributed by atoms with Gasteiger partial charge in [0.15, 0.2) is 0 Å². The zero-order chi connectivity index (χ0) is 14.8. The maximum absolute atomic E-state index is 12.2. The monoisotopic (exact) mass is 283 g/mol. The summed E-state index contributed by atoms with van der Waals surface area (Å²) in [4.78, 5) is 36.2. The fraction of sp³-hybridized carbons (Fsp3) is 0.769. The molecule has 7 heteroatoms. The summed E-state index contributed by atoms with van der Waals surface area (Å²) in [5.41, 5.74) is -0.804. The second-order valence-electron chi connectivity index (χ2n) is 5.57. The largest absolute Gasteiger partial charge is 0.480 e. The number of carbonyl (C=O) groups excluding carboxylic acids is 2. The van der Waals surface area contributed by atoms with Gasteiger partial charge in [0, 0.05) is 0 Å². The van der Waals surface area contributed by atoms with Crippen LogP contribution < -0.4 is 10.6 Å². The van der Waals surface area contributed by atoms with Gasteiger partial charge >= 0.3 is 12.0 Å². The number of amides is 3. The van der Waals surface area contributed by atoms with Crippen LogP contribution in [-0.2, 0) is 9.59 Å². The molecule has 0 aromatic carbocycles. The maximum atomic E-state index is 12.2. The van der Waals surface area contributed by atoms with Crippen molar-refractivity contribution in [2.24, 2.45) is 5.92 Å². The minimum Gasteiger partial charge on any atom is -0.480 e. The van der Waals surface area contributed by atoms with E-state index in [0.717, 1.165) is 19.3 Å². The number of rotatable bonds is 5. The van der Waals surface area contributed by atoms with Crippen LogP contribution in [0.5, 0.6) is 0 Å². The third kappa shape index (κ3) is 2.77. The van der Waals surface area contributed by atoms with Crippen molar-refractivity contribution in [2.45, 2.75) is 38.1 Å². The number of nitrogens with one attached hydrogen (secondary N) is 2. The lowest BCUT2D eigenvalue weighted by Crippen LogP contribution is -2.56. The Morgan fingerprint density at radius 3 is 2.50 bits per heavy atom. The SMILES string of the molecule is CCCC1(C2CCN(CC(=O)O)CC2)NC(=O)NC1=O. The van der Waals surface area contributed by atoms with Gasteiger partial charge in [0.2, 0.25) is 0 Å². The van der Waals surface area contributed by atoms with Crippen molar-refractivity contribution in [1.82, 2.24) is 15.5 Å². The minimum absolute atomic E-state index is 0.0338. The van der Waals surface area contributed by atoms with Crippen molar-refractivity contribution >= 4 is 17.9 Å². The molecule has 2 aliphatic rings. The molecular weight excluding hydrogens is 262 g/mol.